The molecule has 2 heterocycles. The van der Waals surface area contributed by atoms with Crippen LogP contribution >= 0.6 is 0 Å². The van der Waals surface area contributed by atoms with Crippen LogP contribution in [0.2, 0.25) is 0 Å². The van der Waals surface area contributed by atoms with E-state index in [1.807, 2.05) is 4.90 Å². The molecule has 1 N–H and O–H groups in total. The Morgan fingerprint density at radius 1 is 1.40 bits per heavy atom. The lowest BCUT2D eigenvalue weighted by molar-refractivity contribution is -0.150. The molecule has 3 amide bonds. The number of likely N-dealkylation sites (tertiary alicyclic amines) is 1. The van der Waals surface area contributed by atoms with Crippen LogP contribution in [0.25, 0.3) is 0 Å². The molecule has 0 aromatic carbocycles. The van der Waals surface area contributed by atoms with E-state index in [-0.39, 0.29) is 30.4 Å². The fraction of sp³-hybridized carbons (Fsp3) is 0.769. The molecule has 7 nitrogen and oxygen atoms in total. The van der Waals surface area contributed by atoms with Crippen LogP contribution in [0.1, 0.15) is 19.8 Å². The van der Waals surface area contributed by atoms with Gasteiger partial charge < -0.3 is 10.1 Å². The molecule has 2 aliphatic heterocycles. The molecule has 0 spiro atoms. The quantitative estimate of drug-likeness (QED) is 0.724. The monoisotopic (exact) mass is 283 g/mol. The van der Waals surface area contributed by atoms with E-state index >= 15 is 0 Å². The van der Waals surface area contributed by atoms with Gasteiger partial charge in [-0.3, -0.25) is 19.4 Å². The smallest absolute Gasteiger partial charge is 0.324 e. The van der Waals surface area contributed by atoms with Crippen LogP contribution in [0, 0.1) is 5.92 Å². The molecule has 0 unspecified atom stereocenters. The molecule has 112 valence electrons. The Bertz CT molecular complexity index is 399. The van der Waals surface area contributed by atoms with Gasteiger partial charge in [0.25, 0.3) is 0 Å². The van der Waals surface area contributed by atoms with Crippen molar-refractivity contribution in [3.8, 4) is 0 Å². The summed E-state index contributed by atoms with van der Waals surface area (Å²) in [6, 6.07) is -0.325. The summed E-state index contributed by atoms with van der Waals surface area (Å²) in [5, 5.41) is 2.61. The second kappa shape index (κ2) is 6.69. The van der Waals surface area contributed by atoms with E-state index in [0.29, 0.717) is 26.2 Å². The Kier molecular flexibility index (Phi) is 4.94. The molecule has 2 fully saturated rings. The number of hydrogen-bond acceptors (Lipinski definition) is 5. The number of esters is 1. The van der Waals surface area contributed by atoms with E-state index in [1.165, 1.54) is 4.90 Å². The lowest BCUT2D eigenvalue weighted by Crippen LogP contribution is -2.46. The Balaban J connectivity index is 1.84. The first-order valence-electron chi connectivity index (χ1n) is 7.09. The maximum Gasteiger partial charge on any atom is 0.324 e. The van der Waals surface area contributed by atoms with Crippen molar-refractivity contribution in [2.24, 2.45) is 5.92 Å². The van der Waals surface area contributed by atoms with E-state index in [0.717, 1.165) is 19.4 Å². The van der Waals surface area contributed by atoms with Crippen LogP contribution in [0.5, 0.6) is 0 Å². The summed E-state index contributed by atoms with van der Waals surface area (Å²) in [6.07, 6.45) is 1.66. The fourth-order valence-corrected chi connectivity index (χ4v) is 2.64. The van der Waals surface area contributed by atoms with Crippen LogP contribution < -0.4 is 5.32 Å². The fourth-order valence-electron chi connectivity index (χ4n) is 2.64. The Hall–Kier alpha value is -1.63. The lowest BCUT2D eigenvalue weighted by atomic mass is 9.98. The highest BCUT2D eigenvalue weighted by molar-refractivity contribution is 5.96. The van der Waals surface area contributed by atoms with Crippen molar-refractivity contribution in [1.29, 1.82) is 0 Å². The minimum atomic E-state index is -0.325. The molecule has 7 heteroatoms. The maximum atomic E-state index is 12.0. The maximum absolute atomic E-state index is 12.0. The second-order valence-corrected chi connectivity index (χ2v) is 5.10. The second-order valence-electron chi connectivity index (χ2n) is 5.10. The molecule has 2 aliphatic rings. The Morgan fingerprint density at radius 2 is 2.20 bits per heavy atom. The van der Waals surface area contributed by atoms with Crippen molar-refractivity contribution in [1.82, 2.24) is 15.1 Å². The predicted octanol–water partition coefficient (Wildman–Crippen LogP) is -0.187. The highest BCUT2D eigenvalue weighted by atomic mass is 16.5. The van der Waals surface area contributed by atoms with Gasteiger partial charge in [0.05, 0.1) is 19.1 Å². The molecular formula is C13H21N3O4. The molecule has 0 saturated carbocycles. The summed E-state index contributed by atoms with van der Waals surface area (Å²) in [4.78, 5) is 38.3. The SMILES string of the molecule is CCOC(=O)[C@@H]1CCCN(CC(=O)N2CCNC2=O)C1. The normalized spacial score (nSPS) is 23.6. The van der Waals surface area contributed by atoms with Crippen molar-refractivity contribution in [3.05, 3.63) is 0 Å². The number of hydrogen-bond donors (Lipinski definition) is 1. The molecular weight excluding hydrogens is 262 g/mol. The van der Waals surface area contributed by atoms with Gasteiger partial charge in [-0.2, -0.15) is 0 Å². The van der Waals surface area contributed by atoms with Crippen LogP contribution in [-0.2, 0) is 14.3 Å². The van der Waals surface area contributed by atoms with Gasteiger partial charge in [-0.1, -0.05) is 0 Å². The molecule has 2 rings (SSSR count). The number of rotatable bonds is 4. The average Bonchev–Trinajstić information content (AvgIpc) is 2.85. The predicted molar refractivity (Wildman–Crippen MR) is 70.9 cm³/mol. The zero-order valence-corrected chi connectivity index (χ0v) is 11.8. The molecule has 2 saturated heterocycles. The van der Waals surface area contributed by atoms with Crippen molar-refractivity contribution in [2.45, 2.75) is 19.8 Å². The zero-order valence-electron chi connectivity index (χ0n) is 11.8. The summed E-state index contributed by atoms with van der Waals surface area (Å²) < 4.78 is 5.03. The van der Waals surface area contributed by atoms with Crippen molar-refractivity contribution < 1.29 is 19.1 Å². The third kappa shape index (κ3) is 3.47. The van der Waals surface area contributed by atoms with Crippen molar-refractivity contribution >= 4 is 17.9 Å². The first kappa shape index (κ1) is 14.8. The zero-order chi connectivity index (χ0) is 14.5. The number of urea groups is 1. The van der Waals surface area contributed by atoms with Gasteiger partial charge in [-0.25, -0.2) is 4.79 Å². The molecule has 0 aliphatic carbocycles. The van der Waals surface area contributed by atoms with E-state index in [4.69, 9.17) is 4.74 Å². The highest BCUT2D eigenvalue weighted by Gasteiger charge is 2.31. The van der Waals surface area contributed by atoms with Crippen LogP contribution in [0.15, 0.2) is 0 Å². The van der Waals surface area contributed by atoms with Gasteiger partial charge in [0, 0.05) is 19.6 Å². The van der Waals surface area contributed by atoms with Crippen LogP contribution in [0.3, 0.4) is 0 Å². The minimum Gasteiger partial charge on any atom is -0.466 e. The van der Waals surface area contributed by atoms with Crippen molar-refractivity contribution in [2.75, 3.05) is 39.3 Å². The standard InChI is InChI=1S/C13H21N3O4/c1-2-20-12(18)10-4-3-6-15(8-10)9-11(17)16-7-5-14-13(16)19/h10H,2-9H2,1H3,(H,14,19)/t10-/m1/s1. The lowest BCUT2D eigenvalue weighted by Gasteiger charge is -2.31. The molecule has 0 aromatic rings. The third-order valence-corrected chi connectivity index (χ3v) is 3.64. The van der Waals surface area contributed by atoms with Gasteiger partial charge >= 0.3 is 12.0 Å². The number of carbonyl (C=O) groups excluding carboxylic acids is 3. The van der Waals surface area contributed by atoms with E-state index < -0.39 is 0 Å². The third-order valence-electron chi connectivity index (χ3n) is 3.64. The molecule has 20 heavy (non-hydrogen) atoms. The minimum absolute atomic E-state index is 0.163. The summed E-state index contributed by atoms with van der Waals surface area (Å²) >= 11 is 0. The van der Waals surface area contributed by atoms with Gasteiger partial charge in [-0.05, 0) is 26.3 Å². The van der Waals surface area contributed by atoms with Gasteiger partial charge in [0.2, 0.25) is 5.91 Å². The summed E-state index contributed by atoms with van der Waals surface area (Å²) in [5.74, 6) is -0.558. The molecule has 1 atom stereocenters. The van der Waals surface area contributed by atoms with Gasteiger partial charge in [0.1, 0.15) is 0 Å². The van der Waals surface area contributed by atoms with Gasteiger partial charge in [-0.15, -0.1) is 0 Å². The van der Waals surface area contributed by atoms with Crippen LogP contribution in [0.4, 0.5) is 4.79 Å². The summed E-state index contributed by atoms with van der Waals surface area (Å²) in [5.41, 5.74) is 0. The molecule has 0 radical (unpaired) electrons. The number of carbonyl (C=O) groups is 3. The first-order chi connectivity index (χ1) is 9.61. The highest BCUT2D eigenvalue weighted by Crippen LogP contribution is 2.18. The number of nitrogens with one attached hydrogen (secondary N) is 1. The number of amides is 3. The Labute approximate surface area is 118 Å². The van der Waals surface area contributed by atoms with Crippen LogP contribution in [-0.4, -0.2) is 67.0 Å². The Morgan fingerprint density at radius 3 is 2.85 bits per heavy atom. The summed E-state index contributed by atoms with van der Waals surface area (Å²) in [7, 11) is 0. The number of piperidine rings is 1. The van der Waals surface area contributed by atoms with E-state index in [2.05, 4.69) is 5.32 Å². The number of ether oxygens (including phenoxy) is 1. The first-order valence-corrected chi connectivity index (χ1v) is 7.09. The van der Waals surface area contributed by atoms with E-state index in [9.17, 15) is 14.4 Å². The summed E-state index contributed by atoms with van der Waals surface area (Å²) in [6.45, 7) is 4.58. The molecule has 0 aromatic heterocycles. The topological polar surface area (TPSA) is 79.0 Å². The van der Waals surface area contributed by atoms with Gasteiger partial charge in [0.15, 0.2) is 0 Å². The molecule has 0 bridgehead atoms. The average molecular weight is 283 g/mol. The number of imide groups is 1. The number of nitrogens with zero attached hydrogens (tertiary/aromatic N) is 2. The largest absolute Gasteiger partial charge is 0.466 e. The van der Waals surface area contributed by atoms with Crippen molar-refractivity contribution in [3.63, 3.8) is 0 Å². The van der Waals surface area contributed by atoms with E-state index in [1.54, 1.807) is 6.92 Å².